The lowest BCUT2D eigenvalue weighted by Gasteiger charge is -2.36. The topological polar surface area (TPSA) is 73.2 Å². The van der Waals surface area contributed by atoms with Gasteiger partial charge in [0.2, 0.25) is 0 Å². The summed E-state index contributed by atoms with van der Waals surface area (Å²) in [7, 11) is 0. The van der Waals surface area contributed by atoms with E-state index in [0.29, 0.717) is 32.5 Å². The Morgan fingerprint density at radius 2 is 1.17 bits per heavy atom. The standard InChI is InChI=1S/C41H40N2O4/c44-38-37(25-30-21-23-35(24-22-30)47-29-33-17-9-3-10-18-33)42(27-31-13-5-1-6-14-31)40(46)43(28-32-15-7-2-8-16-32)41(39(38)45)26-36(41)34-19-11-4-12-20-34/h1-24,36-39,44-45H,25-29H2/t36?,37-,38+,39-,41+/m1/s1. The normalized spacial score (nSPS) is 23.8. The Balaban J connectivity index is 1.23. The van der Waals surface area contributed by atoms with E-state index in [1.54, 1.807) is 4.90 Å². The first-order valence-electron chi connectivity index (χ1n) is 16.4. The number of rotatable bonds is 10. The molecule has 5 atom stereocenters. The summed E-state index contributed by atoms with van der Waals surface area (Å²) in [6, 6.07) is 46.8. The first-order chi connectivity index (χ1) is 23.0. The fourth-order valence-corrected chi connectivity index (χ4v) is 7.19. The van der Waals surface area contributed by atoms with E-state index in [4.69, 9.17) is 4.74 Å². The number of nitrogens with zero attached hydrogens (tertiary/aromatic N) is 2. The minimum Gasteiger partial charge on any atom is -0.489 e. The van der Waals surface area contributed by atoms with Crippen molar-refractivity contribution in [2.24, 2.45) is 0 Å². The van der Waals surface area contributed by atoms with Gasteiger partial charge >= 0.3 is 6.03 Å². The maximum atomic E-state index is 15.0. The van der Waals surface area contributed by atoms with Crippen molar-refractivity contribution in [3.8, 4) is 5.75 Å². The predicted molar refractivity (Wildman–Crippen MR) is 183 cm³/mol. The Labute approximate surface area is 276 Å². The predicted octanol–water partition coefficient (Wildman–Crippen LogP) is 6.96. The molecule has 6 heteroatoms. The van der Waals surface area contributed by atoms with Gasteiger partial charge in [0.1, 0.15) is 24.6 Å². The molecular weight excluding hydrogens is 584 g/mol. The molecule has 1 spiro atoms. The Hall–Kier alpha value is -4.91. The number of hydrogen-bond donors (Lipinski definition) is 2. The second-order valence-corrected chi connectivity index (χ2v) is 12.8. The van der Waals surface area contributed by atoms with Crippen LogP contribution in [0.4, 0.5) is 4.79 Å². The zero-order chi connectivity index (χ0) is 32.2. The monoisotopic (exact) mass is 624 g/mol. The van der Waals surface area contributed by atoms with E-state index in [0.717, 1.165) is 33.6 Å². The number of hydrogen-bond acceptors (Lipinski definition) is 4. The van der Waals surface area contributed by atoms with Crippen LogP contribution < -0.4 is 4.74 Å². The number of amides is 2. The maximum absolute atomic E-state index is 15.0. The van der Waals surface area contributed by atoms with Crippen molar-refractivity contribution in [3.05, 3.63) is 173 Å². The second-order valence-electron chi connectivity index (χ2n) is 12.8. The lowest BCUT2D eigenvalue weighted by atomic mass is 9.90. The molecule has 6 nitrogen and oxygen atoms in total. The van der Waals surface area contributed by atoms with Crippen molar-refractivity contribution in [1.29, 1.82) is 0 Å². The molecule has 2 N–H and O–H groups in total. The van der Waals surface area contributed by atoms with E-state index in [1.165, 1.54) is 0 Å². The third kappa shape index (κ3) is 6.39. The molecule has 1 heterocycles. The smallest absolute Gasteiger partial charge is 0.321 e. The van der Waals surface area contributed by atoms with Gasteiger partial charge in [-0.1, -0.05) is 133 Å². The lowest BCUT2D eigenvalue weighted by Crippen LogP contribution is -2.52. The van der Waals surface area contributed by atoms with Crippen LogP contribution in [0.3, 0.4) is 0 Å². The summed E-state index contributed by atoms with van der Waals surface area (Å²) >= 11 is 0. The van der Waals surface area contributed by atoms with E-state index in [1.807, 2.05) is 138 Å². The Kier molecular flexibility index (Phi) is 8.79. The number of carbonyl (C=O) groups excluding carboxylic acids is 1. The first kappa shape index (κ1) is 30.7. The highest BCUT2D eigenvalue weighted by Gasteiger charge is 2.68. The van der Waals surface area contributed by atoms with Gasteiger partial charge in [0.15, 0.2) is 0 Å². The minimum absolute atomic E-state index is 0.0978. The molecule has 1 saturated carbocycles. The average Bonchev–Trinajstić information content (AvgIpc) is 3.89. The molecule has 2 fully saturated rings. The number of urea groups is 1. The van der Waals surface area contributed by atoms with E-state index in [9.17, 15) is 15.0 Å². The maximum Gasteiger partial charge on any atom is 0.321 e. The summed E-state index contributed by atoms with van der Waals surface area (Å²) in [6.07, 6.45) is -1.38. The minimum atomic E-state index is -1.17. The van der Waals surface area contributed by atoms with Gasteiger partial charge in [-0.3, -0.25) is 0 Å². The molecule has 1 saturated heterocycles. The van der Waals surface area contributed by atoms with Crippen LogP contribution in [0.2, 0.25) is 0 Å². The second kappa shape index (κ2) is 13.4. The SMILES string of the molecule is O=C1N(Cc2ccccc2)[C@H](Cc2ccc(OCc3ccccc3)cc2)[C@H](O)[C@@H](O)[C@@]2(CC2c2ccccc2)N1Cc1ccccc1. The summed E-state index contributed by atoms with van der Waals surface area (Å²) in [4.78, 5) is 18.6. The molecule has 0 bridgehead atoms. The zero-order valence-electron chi connectivity index (χ0n) is 26.3. The third-order valence-corrected chi connectivity index (χ3v) is 9.78. The van der Waals surface area contributed by atoms with Crippen molar-refractivity contribution in [1.82, 2.24) is 9.80 Å². The van der Waals surface area contributed by atoms with Gasteiger partial charge in [-0.15, -0.1) is 0 Å². The Bertz CT molecular complexity index is 1750. The summed E-state index contributed by atoms with van der Waals surface area (Å²) < 4.78 is 6.01. The van der Waals surface area contributed by atoms with Crippen LogP contribution >= 0.6 is 0 Å². The summed E-state index contributed by atoms with van der Waals surface area (Å²) in [5, 5.41) is 24.3. The highest BCUT2D eigenvalue weighted by atomic mass is 16.5. The van der Waals surface area contributed by atoms with Gasteiger partial charge in [-0.05, 0) is 52.8 Å². The molecule has 5 aromatic carbocycles. The fraction of sp³-hybridized carbons (Fsp3) is 0.244. The number of carbonyl (C=O) groups is 1. The van der Waals surface area contributed by atoms with Crippen LogP contribution in [0.15, 0.2) is 146 Å². The number of aliphatic hydroxyl groups is 2. The number of ether oxygens (including phenoxy) is 1. The van der Waals surface area contributed by atoms with Crippen LogP contribution in [0.1, 0.15) is 40.2 Å². The van der Waals surface area contributed by atoms with Gasteiger partial charge in [0.25, 0.3) is 0 Å². The van der Waals surface area contributed by atoms with Gasteiger partial charge < -0.3 is 24.7 Å². The number of benzene rings is 5. The molecule has 1 aliphatic heterocycles. The van der Waals surface area contributed by atoms with Gasteiger partial charge in [-0.2, -0.15) is 0 Å². The van der Waals surface area contributed by atoms with E-state index < -0.39 is 23.8 Å². The van der Waals surface area contributed by atoms with Crippen molar-refractivity contribution >= 4 is 6.03 Å². The third-order valence-electron chi connectivity index (χ3n) is 9.78. The molecule has 238 valence electrons. The highest BCUT2D eigenvalue weighted by molar-refractivity contribution is 5.78. The van der Waals surface area contributed by atoms with Crippen molar-refractivity contribution in [3.63, 3.8) is 0 Å². The fourth-order valence-electron chi connectivity index (χ4n) is 7.19. The quantitative estimate of drug-likeness (QED) is 0.176. The number of aliphatic hydroxyl groups excluding tert-OH is 2. The largest absolute Gasteiger partial charge is 0.489 e. The molecule has 2 amide bonds. The molecule has 5 aromatic rings. The highest BCUT2D eigenvalue weighted by Crippen LogP contribution is 2.60. The molecule has 1 aliphatic carbocycles. The lowest BCUT2D eigenvalue weighted by molar-refractivity contribution is -0.0502. The molecule has 2 aliphatic rings. The molecule has 7 rings (SSSR count). The van der Waals surface area contributed by atoms with Gasteiger partial charge in [0, 0.05) is 19.0 Å². The summed E-state index contributed by atoms with van der Waals surface area (Å²) in [5.41, 5.74) is 4.09. The molecule has 47 heavy (non-hydrogen) atoms. The summed E-state index contributed by atoms with van der Waals surface area (Å²) in [5.74, 6) is 0.646. The van der Waals surface area contributed by atoms with Crippen LogP contribution in [0.5, 0.6) is 5.75 Å². The molecule has 0 aromatic heterocycles. The Morgan fingerprint density at radius 1 is 0.638 bits per heavy atom. The van der Waals surface area contributed by atoms with Crippen LogP contribution in [-0.4, -0.2) is 49.8 Å². The molecule has 1 unspecified atom stereocenters. The van der Waals surface area contributed by atoms with Crippen LogP contribution in [-0.2, 0) is 26.1 Å². The van der Waals surface area contributed by atoms with Gasteiger partial charge in [0.05, 0.1) is 11.6 Å². The van der Waals surface area contributed by atoms with Gasteiger partial charge in [-0.25, -0.2) is 4.79 Å². The zero-order valence-corrected chi connectivity index (χ0v) is 26.3. The van der Waals surface area contributed by atoms with E-state index in [2.05, 4.69) is 12.1 Å². The van der Waals surface area contributed by atoms with E-state index >= 15 is 0 Å². The first-order valence-corrected chi connectivity index (χ1v) is 16.4. The van der Waals surface area contributed by atoms with E-state index in [-0.39, 0.29) is 11.9 Å². The van der Waals surface area contributed by atoms with Crippen molar-refractivity contribution < 1.29 is 19.7 Å². The van der Waals surface area contributed by atoms with Crippen LogP contribution in [0.25, 0.3) is 0 Å². The summed E-state index contributed by atoms with van der Waals surface area (Å²) in [6.45, 7) is 1.11. The van der Waals surface area contributed by atoms with Crippen LogP contribution in [0, 0.1) is 0 Å². The van der Waals surface area contributed by atoms with Crippen molar-refractivity contribution in [2.45, 2.75) is 62.2 Å². The Morgan fingerprint density at radius 3 is 1.77 bits per heavy atom. The molecule has 0 radical (unpaired) electrons. The average molecular weight is 625 g/mol. The molecular formula is C41H40N2O4. The van der Waals surface area contributed by atoms with Crippen molar-refractivity contribution in [2.75, 3.05) is 0 Å².